The summed E-state index contributed by atoms with van der Waals surface area (Å²) in [6, 6.07) is 6.30. The maximum Gasteiger partial charge on any atom is 0.342 e. The van der Waals surface area contributed by atoms with Gasteiger partial charge in [-0.15, -0.1) is 0 Å². The fourth-order valence-electron chi connectivity index (χ4n) is 1.78. The molecule has 0 aromatic heterocycles. The molecule has 2 N–H and O–H groups in total. The number of esters is 1. The van der Waals surface area contributed by atoms with E-state index in [0.717, 1.165) is 24.3 Å². The molecular weight excluding hydrogens is 344 g/mol. The molecule has 5 nitrogen and oxygen atoms in total. The van der Waals surface area contributed by atoms with Gasteiger partial charge in [-0.05, 0) is 37.3 Å². The summed E-state index contributed by atoms with van der Waals surface area (Å²) in [6.07, 6.45) is -1.31. The molecule has 0 aliphatic rings. The van der Waals surface area contributed by atoms with Crippen molar-refractivity contribution in [1.82, 2.24) is 0 Å². The van der Waals surface area contributed by atoms with Crippen molar-refractivity contribution in [3.05, 3.63) is 58.6 Å². The summed E-state index contributed by atoms with van der Waals surface area (Å²) in [4.78, 5) is 23.8. The number of phenols is 1. The molecule has 126 valence electrons. The maximum atomic E-state index is 13.5. The molecule has 0 aliphatic heterocycles. The molecule has 24 heavy (non-hydrogen) atoms. The number of carbonyl (C=O) groups excluding carboxylic acids is 2. The molecule has 2 rings (SSSR count). The van der Waals surface area contributed by atoms with Gasteiger partial charge in [0.05, 0.1) is 5.69 Å². The van der Waals surface area contributed by atoms with Crippen molar-refractivity contribution < 1.29 is 28.2 Å². The Kier molecular flexibility index (Phi) is 5.35. The van der Waals surface area contributed by atoms with Gasteiger partial charge in [0.1, 0.15) is 22.9 Å². The Morgan fingerprint density at radius 3 is 2.58 bits per heavy atom. The first-order valence-electron chi connectivity index (χ1n) is 6.73. The topological polar surface area (TPSA) is 75.6 Å². The van der Waals surface area contributed by atoms with Crippen LogP contribution in [0.25, 0.3) is 0 Å². The van der Waals surface area contributed by atoms with Gasteiger partial charge in [-0.1, -0.05) is 11.6 Å². The zero-order valence-corrected chi connectivity index (χ0v) is 13.1. The number of phenolic OH excluding ortho intramolecular Hbond substituents is 1. The van der Waals surface area contributed by atoms with E-state index in [9.17, 15) is 23.5 Å². The minimum atomic E-state index is -1.31. The van der Waals surface area contributed by atoms with E-state index in [-0.39, 0.29) is 16.3 Å². The zero-order chi connectivity index (χ0) is 17.9. The number of amides is 1. The molecular formula is C16H12ClF2NO4. The summed E-state index contributed by atoms with van der Waals surface area (Å²) >= 11 is 5.65. The van der Waals surface area contributed by atoms with Crippen LogP contribution in [0.5, 0.6) is 5.75 Å². The lowest BCUT2D eigenvalue weighted by Crippen LogP contribution is -2.30. The molecule has 0 saturated heterocycles. The number of benzene rings is 2. The molecule has 2 aromatic carbocycles. The normalized spacial score (nSPS) is 11.7. The van der Waals surface area contributed by atoms with Crippen LogP contribution in [0.3, 0.4) is 0 Å². The number of rotatable bonds is 4. The van der Waals surface area contributed by atoms with Crippen LogP contribution in [0.2, 0.25) is 5.02 Å². The van der Waals surface area contributed by atoms with Crippen molar-refractivity contribution in [2.75, 3.05) is 5.32 Å². The molecule has 0 fully saturated rings. The Hall–Kier alpha value is -2.67. The Morgan fingerprint density at radius 2 is 1.92 bits per heavy atom. The second-order valence-electron chi connectivity index (χ2n) is 4.82. The van der Waals surface area contributed by atoms with Crippen LogP contribution in [-0.4, -0.2) is 23.1 Å². The number of hydrogen-bond acceptors (Lipinski definition) is 4. The summed E-state index contributed by atoms with van der Waals surface area (Å²) in [5.74, 6) is -3.80. The number of carbonyl (C=O) groups is 2. The predicted molar refractivity (Wildman–Crippen MR) is 83.0 cm³/mol. The zero-order valence-electron chi connectivity index (χ0n) is 12.3. The summed E-state index contributed by atoms with van der Waals surface area (Å²) in [6.45, 7) is 1.25. The van der Waals surface area contributed by atoms with Gasteiger partial charge in [0.15, 0.2) is 6.10 Å². The van der Waals surface area contributed by atoms with Crippen molar-refractivity contribution in [3.8, 4) is 5.75 Å². The van der Waals surface area contributed by atoms with Crippen LogP contribution in [-0.2, 0) is 9.53 Å². The molecule has 0 bridgehead atoms. The standard InChI is InChI=1S/C16H12ClF2NO4/c1-8(15(22)20-13-7-10(18)3-5-12(13)19)24-16(23)11-4-2-9(17)6-14(11)21/h2-8,21H,1H3,(H,20,22)/t8-/m1/s1. The number of halogens is 3. The SMILES string of the molecule is C[C@@H](OC(=O)c1ccc(Cl)cc1O)C(=O)Nc1cc(F)ccc1F. The highest BCUT2D eigenvalue weighted by atomic mass is 35.5. The summed E-state index contributed by atoms with van der Waals surface area (Å²) in [5.41, 5.74) is -0.562. The first-order chi connectivity index (χ1) is 11.3. The van der Waals surface area contributed by atoms with E-state index >= 15 is 0 Å². The van der Waals surface area contributed by atoms with Crippen LogP contribution in [0, 0.1) is 11.6 Å². The van der Waals surface area contributed by atoms with Gasteiger partial charge in [0, 0.05) is 11.1 Å². The quantitative estimate of drug-likeness (QED) is 0.823. The average molecular weight is 356 g/mol. The summed E-state index contributed by atoms with van der Waals surface area (Å²) < 4.78 is 31.4. The fourth-order valence-corrected chi connectivity index (χ4v) is 1.95. The monoisotopic (exact) mass is 355 g/mol. The van der Waals surface area contributed by atoms with Gasteiger partial charge in [-0.25, -0.2) is 13.6 Å². The number of aromatic hydroxyl groups is 1. The summed E-state index contributed by atoms with van der Waals surface area (Å²) in [5, 5.41) is 12.0. The van der Waals surface area contributed by atoms with E-state index in [4.69, 9.17) is 16.3 Å². The first kappa shape index (κ1) is 17.7. The van der Waals surface area contributed by atoms with Crippen molar-refractivity contribution in [3.63, 3.8) is 0 Å². The summed E-state index contributed by atoms with van der Waals surface area (Å²) in [7, 11) is 0. The third-order valence-corrected chi connectivity index (χ3v) is 3.25. The van der Waals surface area contributed by atoms with Crippen molar-refractivity contribution in [1.29, 1.82) is 0 Å². The highest BCUT2D eigenvalue weighted by molar-refractivity contribution is 6.30. The largest absolute Gasteiger partial charge is 0.507 e. The number of ether oxygens (including phenoxy) is 1. The van der Waals surface area contributed by atoms with Crippen LogP contribution in [0.4, 0.5) is 14.5 Å². The maximum absolute atomic E-state index is 13.5. The molecule has 0 unspecified atom stereocenters. The second-order valence-corrected chi connectivity index (χ2v) is 5.26. The van der Waals surface area contributed by atoms with E-state index in [1.54, 1.807) is 0 Å². The molecule has 0 spiro atoms. The Balaban J connectivity index is 2.05. The highest BCUT2D eigenvalue weighted by Gasteiger charge is 2.22. The lowest BCUT2D eigenvalue weighted by Gasteiger charge is -2.14. The van der Waals surface area contributed by atoms with Crippen LogP contribution in [0.1, 0.15) is 17.3 Å². The van der Waals surface area contributed by atoms with Crippen molar-refractivity contribution in [2.45, 2.75) is 13.0 Å². The molecule has 0 radical (unpaired) electrons. The van der Waals surface area contributed by atoms with Gasteiger partial charge >= 0.3 is 5.97 Å². The number of nitrogens with one attached hydrogen (secondary N) is 1. The average Bonchev–Trinajstić information content (AvgIpc) is 2.50. The molecule has 1 atom stereocenters. The Morgan fingerprint density at radius 1 is 1.21 bits per heavy atom. The van der Waals surface area contributed by atoms with E-state index < -0.39 is 35.4 Å². The third kappa shape index (κ3) is 4.20. The lowest BCUT2D eigenvalue weighted by molar-refractivity contribution is -0.123. The Bertz CT molecular complexity index is 798. The second kappa shape index (κ2) is 7.27. The molecule has 0 saturated carbocycles. The van der Waals surface area contributed by atoms with Crippen LogP contribution >= 0.6 is 11.6 Å². The van der Waals surface area contributed by atoms with E-state index in [1.807, 2.05) is 0 Å². The van der Waals surface area contributed by atoms with E-state index in [0.29, 0.717) is 0 Å². The fraction of sp³-hybridized carbons (Fsp3) is 0.125. The first-order valence-corrected chi connectivity index (χ1v) is 7.11. The highest BCUT2D eigenvalue weighted by Crippen LogP contribution is 2.23. The van der Waals surface area contributed by atoms with Gasteiger partial charge < -0.3 is 15.2 Å². The van der Waals surface area contributed by atoms with Gasteiger partial charge in [0.25, 0.3) is 5.91 Å². The Labute approximate surface area is 140 Å². The van der Waals surface area contributed by atoms with Crippen molar-refractivity contribution >= 4 is 29.2 Å². The van der Waals surface area contributed by atoms with E-state index in [2.05, 4.69) is 5.32 Å². The van der Waals surface area contributed by atoms with Crippen molar-refractivity contribution in [2.24, 2.45) is 0 Å². The smallest absolute Gasteiger partial charge is 0.342 e. The van der Waals surface area contributed by atoms with E-state index in [1.165, 1.54) is 19.1 Å². The number of hydrogen-bond donors (Lipinski definition) is 2. The molecule has 0 heterocycles. The number of anilines is 1. The molecule has 0 aliphatic carbocycles. The van der Waals surface area contributed by atoms with Crippen LogP contribution in [0.15, 0.2) is 36.4 Å². The molecule has 1 amide bonds. The van der Waals surface area contributed by atoms with Gasteiger partial charge in [0.2, 0.25) is 0 Å². The lowest BCUT2D eigenvalue weighted by atomic mass is 10.2. The minimum Gasteiger partial charge on any atom is -0.507 e. The third-order valence-electron chi connectivity index (χ3n) is 3.02. The van der Waals surface area contributed by atoms with Gasteiger partial charge in [-0.2, -0.15) is 0 Å². The van der Waals surface area contributed by atoms with Gasteiger partial charge in [-0.3, -0.25) is 4.79 Å². The molecule has 8 heteroatoms. The minimum absolute atomic E-state index is 0.184. The predicted octanol–water partition coefficient (Wildman–Crippen LogP) is 3.51. The molecule has 2 aromatic rings. The van der Waals surface area contributed by atoms with Crippen LogP contribution < -0.4 is 5.32 Å².